The van der Waals surface area contributed by atoms with E-state index >= 15 is 0 Å². The molecule has 2 rings (SSSR count). The monoisotopic (exact) mass is 266 g/mol. The highest BCUT2D eigenvalue weighted by molar-refractivity contribution is 9.10. The van der Waals surface area contributed by atoms with Crippen LogP contribution >= 0.6 is 15.9 Å². The van der Waals surface area contributed by atoms with Crippen molar-refractivity contribution in [3.05, 3.63) is 46.6 Å². The van der Waals surface area contributed by atoms with Crippen LogP contribution in [0.1, 0.15) is 5.56 Å². The molecular formula is C11H8BrFN2. The molecule has 1 aromatic heterocycles. The molecule has 0 aliphatic rings. The van der Waals surface area contributed by atoms with Crippen LogP contribution in [0.3, 0.4) is 0 Å². The Bertz CT molecular complexity index is 500. The molecule has 0 N–H and O–H groups in total. The summed E-state index contributed by atoms with van der Waals surface area (Å²) >= 11 is 3.26. The van der Waals surface area contributed by atoms with Gasteiger partial charge in [0.1, 0.15) is 16.7 Å². The summed E-state index contributed by atoms with van der Waals surface area (Å²) in [5.74, 6) is -0.220. The molecule has 76 valence electrons. The molecule has 0 spiro atoms. The van der Waals surface area contributed by atoms with Crippen LogP contribution in [0.15, 0.2) is 35.2 Å². The van der Waals surface area contributed by atoms with E-state index in [2.05, 4.69) is 25.9 Å². The van der Waals surface area contributed by atoms with E-state index in [1.165, 1.54) is 12.4 Å². The molecule has 2 aromatic rings. The zero-order valence-electron chi connectivity index (χ0n) is 8.04. The van der Waals surface area contributed by atoms with Gasteiger partial charge in [-0.25, -0.2) is 14.4 Å². The molecule has 0 aliphatic carbocycles. The van der Waals surface area contributed by atoms with Crippen molar-refractivity contribution in [1.82, 2.24) is 9.97 Å². The van der Waals surface area contributed by atoms with Gasteiger partial charge >= 0.3 is 0 Å². The van der Waals surface area contributed by atoms with Gasteiger partial charge in [-0.3, -0.25) is 0 Å². The molecule has 0 saturated heterocycles. The Balaban J connectivity index is 2.59. The first-order valence-electron chi connectivity index (χ1n) is 4.41. The summed E-state index contributed by atoms with van der Waals surface area (Å²) in [5.41, 5.74) is 2.11. The third kappa shape index (κ3) is 2.04. The Morgan fingerprint density at radius 3 is 2.80 bits per heavy atom. The van der Waals surface area contributed by atoms with Gasteiger partial charge in [-0.15, -0.1) is 0 Å². The van der Waals surface area contributed by atoms with Crippen LogP contribution < -0.4 is 0 Å². The van der Waals surface area contributed by atoms with Crippen LogP contribution in [0.2, 0.25) is 0 Å². The average molecular weight is 267 g/mol. The lowest BCUT2D eigenvalue weighted by molar-refractivity contribution is 0.619. The lowest BCUT2D eigenvalue weighted by Crippen LogP contribution is -1.91. The molecule has 4 heteroatoms. The Kier molecular flexibility index (Phi) is 2.77. The standard InChI is InChI=1S/C11H8BrFN2/c1-7-8(3-2-4-9(7)13)10-5-11(12)15-6-14-10/h2-6H,1H3. The highest BCUT2D eigenvalue weighted by atomic mass is 79.9. The summed E-state index contributed by atoms with van der Waals surface area (Å²) < 4.78 is 14.0. The van der Waals surface area contributed by atoms with Crippen LogP contribution in [-0.2, 0) is 0 Å². The minimum Gasteiger partial charge on any atom is -0.236 e. The number of halogens is 2. The predicted octanol–water partition coefficient (Wildman–Crippen LogP) is 3.35. The molecular weight excluding hydrogens is 259 g/mol. The van der Waals surface area contributed by atoms with Gasteiger partial charge in [0, 0.05) is 5.56 Å². The van der Waals surface area contributed by atoms with Gasteiger partial charge in [0.25, 0.3) is 0 Å². The molecule has 0 amide bonds. The quantitative estimate of drug-likeness (QED) is 0.740. The van der Waals surface area contributed by atoms with Crippen molar-refractivity contribution in [2.75, 3.05) is 0 Å². The average Bonchev–Trinajstić information content (AvgIpc) is 2.22. The maximum atomic E-state index is 13.3. The van der Waals surface area contributed by atoms with Crippen molar-refractivity contribution >= 4 is 15.9 Å². The van der Waals surface area contributed by atoms with Crippen LogP contribution in [-0.4, -0.2) is 9.97 Å². The lowest BCUT2D eigenvalue weighted by Gasteiger charge is -2.05. The van der Waals surface area contributed by atoms with E-state index in [4.69, 9.17) is 0 Å². The normalized spacial score (nSPS) is 10.3. The molecule has 0 bridgehead atoms. The van der Waals surface area contributed by atoms with Gasteiger partial charge in [-0.1, -0.05) is 12.1 Å². The predicted molar refractivity (Wildman–Crippen MR) is 59.9 cm³/mol. The Morgan fingerprint density at radius 1 is 1.27 bits per heavy atom. The van der Waals surface area contributed by atoms with Crippen molar-refractivity contribution in [3.8, 4) is 11.3 Å². The zero-order valence-corrected chi connectivity index (χ0v) is 9.62. The van der Waals surface area contributed by atoms with Crippen molar-refractivity contribution in [2.24, 2.45) is 0 Å². The minimum atomic E-state index is -0.220. The number of hydrogen-bond donors (Lipinski definition) is 0. The Morgan fingerprint density at radius 2 is 2.07 bits per heavy atom. The number of rotatable bonds is 1. The first kappa shape index (κ1) is 10.2. The SMILES string of the molecule is Cc1c(F)cccc1-c1cc(Br)ncn1. The van der Waals surface area contributed by atoms with E-state index in [1.54, 1.807) is 19.1 Å². The molecule has 15 heavy (non-hydrogen) atoms. The summed E-state index contributed by atoms with van der Waals surface area (Å²) in [6.45, 7) is 1.74. The smallest absolute Gasteiger partial charge is 0.126 e. The highest BCUT2D eigenvalue weighted by Crippen LogP contribution is 2.24. The number of nitrogens with zero attached hydrogens (tertiary/aromatic N) is 2. The minimum absolute atomic E-state index is 0.220. The van der Waals surface area contributed by atoms with Gasteiger partial charge in [0.05, 0.1) is 5.69 Å². The van der Waals surface area contributed by atoms with Gasteiger partial charge in [0.15, 0.2) is 0 Å². The fraction of sp³-hybridized carbons (Fsp3) is 0.0909. The topological polar surface area (TPSA) is 25.8 Å². The Hall–Kier alpha value is -1.29. The fourth-order valence-electron chi connectivity index (χ4n) is 1.37. The van der Waals surface area contributed by atoms with E-state index in [-0.39, 0.29) is 5.82 Å². The van der Waals surface area contributed by atoms with Gasteiger partial charge in [-0.2, -0.15) is 0 Å². The molecule has 0 atom stereocenters. The lowest BCUT2D eigenvalue weighted by atomic mass is 10.1. The van der Waals surface area contributed by atoms with E-state index < -0.39 is 0 Å². The number of hydrogen-bond acceptors (Lipinski definition) is 2. The highest BCUT2D eigenvalue weighted by Gasteiger charge is 2.07. The Labute approximate surface area is 95.3 Å². The first-order chi connectivity index (χ1) is 7.18. The second-order valence-corrected chi connectivity index (χ2v) is 3.95. The van der Waals surface area contributed by atoms with Gasteiger partial charge in [-0.05, 0) is 40.5 Å². The summed E-state index contributed by atoms with van der Waals surface area (Å²) in [4.78, 5) is 8.03. The fourth-order valence-corrected chi connectivity index (χ4v) is 1.67. The molecule has 0 unspecified atom stereocenters. The first-order valence-corrected chi connectivity index (χ1v) is 5.21. The van der Waals surface area contributed by atoms with Crippen LogP contribution in [0.5, 0.6) is 0 Å². The molecule has 0 radical (unpaired) electrons. The molecule has 0 fully saturated rings. The van der Waals surface area contributed by atoms with E-state index in [0.29, 0.717) is 15.9 Å². The molecule has 2 nitrogen and oxygen atoms in total. The molecule has 0 aliphatic heterocycles. The van der Waals surface area contributed by atoms with Crippen LogP contribution in [0, 0.1) is 12.7 Å². The number of aromatic nitrogens is 2. The van der Waals surface area contributed by atoms with Gasteiger partial charge in [0.2, 0.25) is 0 Å². The van der Waals surface area contributed by atoms with Crippen molar-refractivity contribution in [1.29, 1.82) is 0 Å². The third-order valence-corrected chi connectivity index (χ3v) is 2.61. The second kappa shape index (κ2) is 4.06. The van der Waals surface area contributed by atoms with Crippen molar-refractivity contribution in [2.45, 2.75) is 6.92 Å². The largest absolute Gasteiger partial charge is 0.236 e. The van der Waals surface area contributed by atoms with E-state index in [0.717, 1.165) is 5.56 Å². The maximum Gasteiger partial charge on any atom is 0.126 e. The summed E-state index contributed by atoms with van der Waals surface area (Å²) in [6, 6.07) is 6.72. The second-order valence-electron chi connectivity index (χ2n) is 3.14. The number of benzene rings is 1. The maximum absolute atomic E-state index is 13.3. The summed E-state index contributed by atoms with van der Waals surface area (Å²) in [7, 11) is 0. The third-order valence-electron chi connectivity index (χ3n) is 2.18. The molecule has 0 saturated carbocycles. The van der Waals surface area contributed by atoms with Gasteiger partial charge < -0.3 is 0 Å². The van der Waals surface area contributed by atoms with Crippen LogP contribution in [0.4, 0.5) is 4.39 Å². The van der Waals surface area contributed by atoms with E-state index in [1.807, 2.05) is 6.07 Å². The van der Waals surface area contributed by atoms with Crippen molar-refractivity contribution in [3.63, 3.8) is 0 Å². The zero-order chi connectivity index (χ0) is 10.8. The summed E-state index contributed by atoms with van der Waals surface area (Å²) in [5, 5.41) is 0. The molecule has 1 aromatic carbocycles. The van der Waals surface area contributed by atoms with Crippen LogP contribution in [0.25, 0.3) is 11.3 Å². The van der Waals surface area contributed by atoms with Crippen molar-refractivity contribution < 1.29 is 4.39 Å². The van der Waals surface area contributed by atoms with E-state index in [9.17, 15) is 4.39 Å². The summed E-state index contributed by atoms with van der Waals surface area (Å²) in [6.07, 6.45) is 1.45. The molecule has 1 heterocycles.